The van der Waals surface area contributed by atoms with Crippen molar-refractivity contribution in [1.29, 1.82) is 0 Å². The molecule has 8 heteroatoms. The van der Waals surface area contributed by atoms with Gasteiger partial charge in [-0.05, 0) is 46.8 Å². The zero-order valence-electron chi connectivity index (χ0n) is 13.2. The van der Waals surface area contributed by atoms with E-state index in [1.54, 1.807) is 4.68 Å². The molecule has 1 aliphatic heterocycles. The summed E-state index contributed by atoms with van der Waals surface area (Å²) in [7, 11) is 1.87. The topological polar surface area (TPSA) is 57.8 Å². The third kappa shape index (κ3) is 2.85. The maximum atomic E-state index is 6.64. The first kappa shape index (κ1) is 16.1. The zero-order valence-corrected chi connectivity index (χ0v) is 15.6. The van der Waals surface area contributed by atoms with Crippen LogP contribution in [-0.4, -0.2) is 31.2 Å². The van der Waals surface area contributed by atoms with Crippen LogP contribution in [0, 0.1) is 0 Å². The van der Waals surface area contributed by atoms with Crippen molar-refractivity contribution in [3.8, 4) is 0 Å². The lowest BCUT2D eigenvalue weighted by Gasteiger charge is -2.23. The minimum atomic E-state index is 0.00728. The van der Waals surface area contributed by atoms with Crippen molar-refractivity contribution in [3.05, 3.63) is 39.5 Å². The molecule has 0 N–H and O–H groups in total. The molecule has 1 aliphatic rings. The highest BCUT2D eigenvalue weighted by atomic mass is 79.9. The second kappa shape index (κ2) is 6.46. The van der Waals surface area contributed by atoms with E-state index in [9.17, 15) is 0 Å². The fraction of sp³-hybridized carbons (Fsp3) is 0.438. The van der Waals surface area contributed by atoms with Crippen LogP contribution in [0.2, 0.25) is 5.02 Å². The maximum Gasteiger partial charge on any atom is 0.217 e. The molecule has 0 saturated carbocycles. The average molecular weight is 411 g/mol. The molecule has 0 amide bonds. The van der Waals surface area contributed by atoms with E-state index < -0.39 is 0 Å². The van der Waals surface area contributed by atoms with Crippen molar-refractivity contribution in [3.63, 3.8) is 0 Å². The molecule has 1 atom stereocenters. The molecule has 1 saturated heterocycles. The van der Waals surface area contributed by atoms with Gasteiger partial charge >= 0.3 is 0 Å². The number of aromatic nitrogens is 5. The number of aryl methyl sites for hydroxylation is 1. The summed E-state index contributed by atoms with van der Waals surface area (Å²) >= 11 is 9.94. The summed E-state index contributed by atoms with van der Waals surface area (Å²) in [4.78, 5) is 4.37. The number of fused-ring (bicyclic) bond motifs is 1. The van der Waals surface area contributed by atoms with Gasteiger partial charge in [-0.15, -0.1) is 5.10 Å². The largest absolute Gasteiger partial charge is 0.356 e. The van der Waals surface area contributed by atoms with Crippen LogP contribution in [-0.2, 0) is 18.2 Å². The molecule has 24 heavy (non-hydrogen) atoms. The van der Waals surface area contributed by atoms with Crippen molar-refractivity contribution in [2.75, 3.05) is 6.61 Å². The van der Waals surface area contributed by atoms with Crippen molar-refractivity contribution < 1.29 is 4.74 Å². The predicted octanol–water partition coefficient (Wildman–Crippen LogP) is 3.87. The zero-order chi connectivity index (χ0) is 16.7. The Morgan fingerprint density at radius 1 is 1.38 bits per heavy atom. The monoisotopic (exact) mass is 409 g/mol. The number of halogens is 2. The molecule has 1 aromatic carbocycles. The summed E-state index contributed by atoms with van der Waals surface area (Å²) in [5.74, 6) is 0.853. The first-order chi connectivity index (χ1) is 11.6. The molecule has 1 fully saturated rings. The molecule has 1 unspecified atom stereocenters. The first-order valence-electron chi connectivity index (χ1n) is 7.95. The predicted molar refractivity (Wildman–Crippen MR) is 95.1 cm³/mol. The van der Waals surface area contributed by atoms with Gasteiger partial charge in [-0.1, -0.05) is 17.7 Å². The van der Waals surface area contributed by atoms with Crippen LogP contribution in [0.4, 0.5) is 0 Å². The van der Waals surface area contributed by atoms with E-state index in [-0.39, 0.29) is 6.23 Å². The van der Waals surface area contributed by atoms with E-state index in [0.29, 0.717) is 16.2 Å². The lowest BCUT2D eigenvalue weighted by atomic mass is 10.1. The maximum absolute atomic E-state index is 6.64. The van der Waals surface area contributed by atoms with Gasteiger partial charge in [-0.3, -0.25) is 4.68 Å². The second-order valence-electron chi connectivity index (χ2n) is 5.98. The van der Waals surface area contributed by atoms with Crippen molar-refractivity contribution in [1.82, 2.24) is 24.5 Å². The lowest BCUT2D eigenvalue weighted by Crippen LogP contribution is -2.18. The average Bonchev–Trinajstić information content (AvgIpc) is 3.14. The van der Waals surface area contributed by atoms with Gasteiger partial charge in [0.05, 0.1) is 16.7 Å². The molecule has 4 rings (SSSR count). The molecule has 3 aromatic rings. The molecule has 3 heterocycles. The van der Waals surface area contributed by atoms with Gasteiger partial charge in [0.15, 0.2) is 6.23 Å². The van der Waals surface area contributed by atoms with Crippen molar-refractivity contribution in [2.24, 2.45) is 7.05 Å². The van der Waals surface area contributed by atoms with Crippen LogP contribution >= 0.6 is 27.5 Å². The standard InChI is InChI=1S/C16H17BrClN5O/c1-22-13(20-16(17)21-22)8-10-5-6-12-11(15(10)18)9-19-23(12)14-4-2-3-7-24-14/h5-6,9,14H,2-4,7-8H2,1H3. The highest BCUT2D eigenvalue weighted by Gasteiger charge is 2.20. The highest BCUT2D eigenvalue weighted by molar-refractivity contribution is 9.10. The number of benzene rings is 1. The second-order valence-corrected chi connectivity index (χ2v) is 7.07. The minimum absolute atomic E-state index is 0.00728. The molecule has 6 nitrogen and oxygen atoms in total. The Bertz CT molecular complexity index is 884. The molecule has 0 spiro atoms. The Balaban J connectivity index is 1.69. The Kier molecular flexibility index (Phi) is 4.32. The normalized spacial score (nSPS) is 18.4. The summed E-state index contributed by atoms with van der Waals surface area (Å²) < 4.78 is 10.1. The molecule has 2 aromatic heterocycles. The highest BCUT2D eigenvalue weighted by Crippen LogP contribution is 2.32. The van der Waals surface area contributed by atoms with E-state index >= 15 is 0 Å². The summed E-state index contributed by atoms with van der Waals surface area (Å²) in [5, 5.41) is 10.4. The van der Waals surface area contributed by atoms with E-state index in [0.717, 1.165) is 41.7 Å². The SMILES string of the molecule is Cn1nc(Br)nc1Cc1ccc2c(cnn2C2CCCCO2)c1Cl. The molecule has 0 bridgehead atoms. The molecule has 126 valence electrons. The van der Waals surface area contributed by atoms with Gasteiger partial charge in [0, 0.05) is 25.5 Å². The Labute approximate surface area is 152 Å². The van der Waals surface area contributed by atoms with Crippen molar-refractivity contribution >= 4 is 38.4 Å². The van der Waals surface area contributed by atoms with E-state index in [1.807, 2.05) is 24.0 Å². The van der Waals surface area contributed by atoms with E-state index in [1.165, 1.54) is 6.42 Å². The summed E-state index contributed by atoms with van der Waals surface area (Å²) in [6, 6.07) is 4.10. The van der Waals surface area contributed by atoms with Gasteiger partial charge in [-0.25, -0.2) is 9.67 Å². The van der Waals surface area contributed by atoms with Gasteiger partial charge in [0.25, 0.3) is 0 Å². The van der Waals surface area contributed by atoms with Gasteiger partial charge in [0.1, 0.15) is 5.82 Å². The van der Waals surface area contributed by atoms with Crippen molar-refractivity contribution in [2.45, 2.75) is 31.9 Å². The fourth-order valence-electron chi connectivity index (χ4n) is 3.12. The number of hydrogen-bond acceptors (Lipinski definition) is 4. The molecule has 0 radical (unpaired) electrons. The van der Waals surface area contributed by atoms with Crippen LogP contribution in [0.25, 0.3) is 10.9 Å². The number of rotatable bonds is 3. The molecular formula is C16H17BrClN5O. The van der Waals surface area contributed by atoms with Crippen LogP contribution in [0.5, 0.6) is 0 Å². The van der Waals surface area contributed by atoms with E-state index in [4.69, 9.17) is 16.3 Å². The quantitative estimate of drug-likeness (QED) is 0.658. The summed E-state index contributed by atoms with van der Waals surface area (Å²) in [5.41, 5.74) is 2.02. The fourth-order valence-corrected chi connectivity index (χ4v) is 3.84. The Morgan fingerprint density at radius 2 is 2.25 bits per heavy atom. The number of hydrogen-bond donors (Lipinski definition) is 0. The Morgan fingerprint density at radius 3 is 2.96 bits per heavy atom. The Hall–Kier alpha value is -1.44. The van der Waals surface area contributed by atoms with E-state index in [2.05, 4.69) is 37.2 Å². The third-order valence-corrected chi connectivity index (χ3v) is 5.18. The lowest BCUT2D eigenvalue weighted by molar-refractivity contribution is -0.0366. The molecular weight excluding hydrogens is 394 g/mol. The van der Waals surface area contributed by atoms with Gasteiger partial charge in [0.2, 0.25) is 4.73 Å². The smallest absolute Gasteiger partial charge is 0.217 e. The summed E-state index contributed by atoms with van der Waals surface area (Å²) in [6.07, 6.45) is 5.73. The summed E-state index contributed by atoms with van der Waals surface area (Å²) in [6.45, 7) is 0.791. The third-order valence-electron chi connectivity index (χ3n) is 4.40. The number of ether oxygens (including phenoxy) is 1. The van der Waals surface area contributed by atoms with Crippen LogP contribution in [0.1, 0.15) is 36.9 Å². The van der Waals surface area contributed by atoms with Gasteiger partial charge in [-0.2, -0.15) is 5.10 Å². The van der Waals surface area contributed by atoms with Crippen LogP contribution in [0.3, 0.4) is 0 Å². The first-order valence-corrected chi connectivity index (χ1v) is 9.12. The minimum Gasteiger partial charge on any atom is -0.356 e. The number of nitrogens with zero attached hydrogens (tertiary/aromatic N) is 5. The van der Waals surface area contributed by atoms with Gasteiger partial charge < -0.3 is 4.74 Å². The van der Waals surface area contributed by atoms with Crippen LogP contribution in [0.15, 0.2) is 23.1 Å². The van der Waals surface area contributed by atoms with Crippen LogP contribution < -0.4 is 0 Å². The molecule has 0 aliphatic carbocycles.